The Morgan fingerprint density at radius 1 is 1.39 bits per heavy atom. The van der Waals surface area contributed by atoms with E-state index in [1.165, 1.54) is 0 Å². The van der Waals surface area contributed by atoms with E-state index in [0.29, 0.717) is 17.1 Å². The van der Waals surface area contributed by atoms with Crippen molar-refractivity contribution in [3.8, 4) is 0 Å². The molecule has 1 aliphatic rings. The van der Waals surface area contributed by atoms with E-state index in [0.717, 1.165) is 36.0 Å². The first-order valence-electron chi connectivity index (χ1n) is 5.99. The van der Waals surface area contributed by atoms with Gasteiger partial charge in [-0.05, 0) is 25.5 Å². The number of nitrogens with zero attached hydrogens (tertiary/aromatic N) is 3. The number of fused-ring (bicyclic) bond motifs is 1. The average Bonchev–Trinajstić information content (AvgIpc) is 2.87. The molecule has 1 atom stereocenters. The van der Waals surface area contributed by atoms with Crippen LogP contribution in [0.15, 0.2) is 12.4 Å². The number of halogens is 1. The van der Waals surface area contributed by atoms with Crippen molar-refractivity contribution < 1.29 is 0 Å². The summed E-state index contributed by atoms with van der Waals surface area (Å²) >= 11 is 6.03. The fourth-order valence-corrected chi connectivity index (χ4v) is 2.33. The van der Waals surface area contributed by atoms with Crippen molar-refractivity contribution in [2.75, 3.05) is 18.4 Å². The lowest BCUT2D eigenvalue weighted by Gasteiger charge is -2.12. The van der Waals surface area contributed by atoms with Crippen LogP contribution in [-0.2, 0) is 0 Å². The first kappa shape index (κ1) is 11.6. The van der Waals surface area contributed by atoms with Crippen LogP contribution in [0.4, 0.5) is 5.95 Å². The fraction of sp³-hybridized carbons (Fsp3) is 0.417. The Morgan fingerprint density at radius 3 is 3.06 bits per heavy atom. The molecule has 0 spiro atoms. The normalized spacial score (nSPS) is 19.3. The molecule has 1 saturated heterocycles. The number of aryl methyl sites for hydroxylation is 1. The highest BCUT2D eigenvalue weighted by molar-refractivity contribution is 6.34. The summed E-state index contributed by atoms with van der Waals surface area (Å²) in [6.45, 7) is 3.97. The molecular formula is C12H14ClN5. The second-order valence-electron chi connectivity index (χ2n) is 4.52. The maximum Gasteiger partial charge on any atom is 0.223 e. The maximum absolute atomic E-state index is 6.03. The summed E-state index contributed by atoms with van der Waals surface area (Å²) in [6, 6.07) is 0.403. The summed E-state index contributed by atoms with van der Waals surface area (Å²) in [5, 5.41) is 7.88. The molecule has 3 heterocycles. The number of rotatable bonds is 2. The Morgan fingerprint density at radius 2 is 2.28 bits per heavy atom. The highest BCUT2D eigenvalue weighted by Gasteiger charge is 2.15. The Labute approximate surface area is 110 Å². The largest absolute Gasteiger partial charge is 0.350 e. The van der Waals surface area contributed by atoms with Crippen LogP contribution in [0.3, 0.4) is 0 Å². The van der Waals surface area contributed by atoms with E-state index in [1.807, 2.05) is 6.92 Å². The van der Waals surface area contributed by atoms with Crippen LogP contribution in [-0.4, -0.2) is 34.1 Å². The quantitative estimate of drug-likeness (QED) is 0.809. The molecule has 1 aliphatic heterocycles. The molecule has 18 heavy (non-hydrogen) atoms. The fourth-order valence-electron chi connectivity index (χ4n) is 2.15. The summed E-state index contributed by atoms with van der Waals surface area (Å²) < 4.78 is 0. The summed E-state index contributed by atoms with van der Waals surface area (Å²) in [4.78, 5) is 12.9. The minimum absolute atomic E-state index is 0.403. The van der Waals surface area contributed by atoms with E-state index in [-0.39, 0.29) is 0 Å². The van der Waals surface area contributed by atoms with Crippen LogP contribution in [0, 0.1) is 6.92 Å². The predicted octanol–water partition coefficient (Wildman–Crippen LogP) is 1.76. The number of hydrogen-bond acceptors (Lipinski definition) is 5. The number of pyridine rings is 1. The summed E-state index contributed by atoms with van der Waals surface area (Å²) in [5.41, 5.74) is 1.86. The lowest BCUT2D eigenvalue weighted by atomic mass is 10.2. The Balaban J connectivity index is 1.97. The molecule has 0 aromatic carbocycles. The third kappa shape index (κ3) is 2.11. The zero-order valence-electron chi connectivity index (χ0n) is 10.1. The molecule has 94 valence electrons. The highest BCUT2D eigenvalue weighted by atomic mass is 35.5. The first-order valence-corrected chi connectivity index (χ1v) is 6.37. The van der Waals surface area contributed by atoms with E-state index in [9.17, 15) is 0 Å². The van der Waals surface area contributed by atoms with Gasteiger partial charge in [0.2, 0.25) is 5.95 Å². The average molecular weight is 264 g/mol. The van der Waals surface area contributed by atoms with Crippen molar-refractivity contribution in [2.45, 2.75) is 19.4 Å². The molecular weight excluding hydrogens is 250 g/mol. The molecule has 0 unspecified atom stereocenters. The third-order valence-electron chi connectivity index (χ3n) is 3.15. The van der Waals surface area contributed by atoms with Crippen molar-refractivity contribution in [1.82, 2.24) is 20.3 Å². The zero-order chi connectivity index (χ0) is 12.5. The third-order valence-corrected chi connectivity index (χ3v) is 3.45. The highest BCUT2D eigenvalue weighted by Crippen LogP contribution is 2.22. The Kier molecular flexibility index (Phi) is 3.01. The van der Waals surface area contributed by atoms with Crippen LogP contribution in [0.1, 0.15) is 12.0 Å². The number of hydrogen-bond donors (Lipinski definition) is 2. The van der Waals surface area contributed by atoms with Crippen LogP contribution in [0.5, 0.6) is 0 Å². The second-order valence-corrected chi connectivity index (χ2v) is 4.88. The van der Waals surface area contributed by atoms with Gasteiger partial charge in [-0.3, -0.25) is 0 Å². The van der Waals surface area contributed by atoms with Gasteiger partial charge in [-0.2, -0.15) is 0 Å². The second kappa shape index (κ2) is 4.66. The van der Waals surface area contributed by atoms with Gasteiger partial charge < -0.3 is 10.6 Å². The standard InChI is InChI=1S/C12H14ClN5/c1-7-4-15-11(13)9-6-16-12(18-10(7)9)17-8-2-3-14-5-8/h4,6,8,14H,2-3,5H2,1H3,(H,16,17,18)/t8-/m0/s1. The van der Waals surface area contributed by atoms with E-state index < -0.39 is 0 Å². The maximum atomic E-state index is 6.03. The Bertz CT molecular complexity index is 580. The SMILES string of the molecule is Cc1cnc(Cl)c2cnc(N[C@H]3CCNC3)nc12. The number of anilines is 1. The molecule has 0 amide bonds. The zero-order valence-corrected chi connectivity index (χ0v) is 10.8. The first-order chi connectivity index (χ1) is 8.74. The van der Waals surface area contributed by atoms with Crippen molar-refractivity contribution in [3.05, 3.63) is 23.1 Å². The minimum Gasteiger partial charge on any atom is -0.350 e. The molecule has 6 heteroatoms. The van der Waals surface area contributed by atoms with Gasteiger partial charge in [-0.15, -0.1) is 0 Å². The molecule has 2 aromatic heterocycles. The van der Waals surface area contributed by atoms with Crippen LogP contribution in [0.25, 0.3) is 10.9 Å². The van der Waals surface area contributed by atoms with Crippen LogP contribution < -0.4 is 10.6 Å². The molecule has 0 bridgehead atoms. The summed E-state index contributed by atoms with van der Waals surface area (Å²) in [7, 11) is 0. The predicted molar refractivity (Wildman–Crippen MR) is 72.0 cm³/mol. The molecule has 5 nitrogen and oxygen atoms in total. The topological polar surface area (TPSA) is 62.7 Å². The van der Waals surface area contributed by atoms with Crippen LogP contribution >= 0.6 is 11.6 Å². The van der Waals surface area contributed by atoms with Gasteiger partial charge in [-0.1, -0.05) is 11.6 Å². The van der Waals surface area contributed by atoms with E-state index >= 15 is 0 Å². The van der Waals surface area contributed by atoms with Crippen molar-refractivity contribution >= 4 is 28.5 Å². The smallest absolute Gasteiger partial charge is 0.223 e. The monoisotopic (exact) mass is 263 g/mol. The molecule has 1 fully saturated rings. The summed E-state index contributed by atoms with van der Waals surface area (Å²) in [6.07, 6.45) is 4.56. The van der Waals surface area contributed by atoms with Gasteiger partial charge in [-0.25, -0.2) is 15.0 Å². The van der Waals surface area contributed by atoms with E-state index in [1.54, 1.807) is 12.4 Å². The molecule has 3 rings (SSSR count). The minimum atomic E-state index is 0.403. The van der Waals surface area contributed by atoms with Gasteiger partial charge in [0.1, 0.15) is 5.15 Å². The van der Waals surface area contributed by atoms with Gasteiger partial charge in [0.15, 0.2) is 0 Å². The number of aromatic nitrogens is 3. The van der Waals surface area contributed by atoms with E-state index in [4.69, 9.17) is 11.6 Å². The van der Waals surface area contributed by atoms with Crippen molar-refractivity contribution in [1.29, 1.82) is 0 Å². The van der Waals surface area contributed by atoms with Gasteiger partial charge in [0.05, 0.1) is 10.9 Å². The van der Waals surface area contributed by atoms with Gasteiger partial charge >= 0.3 is 0 Å². The van der Waals surface area contributed by atoms with E-state index in [2.05, 4.69) is 25.6 Å². The molecule has 0 aliphatic carbocycles. The van der Waals surface area contributed by atoms with Crippen molar-refractivity contribution in [3.63, 3.8) is 0 Å². The Hall–Kier alpha value is -1.46. The lowest BCUT2D eigenvalue weighted by Crippen LogP contribution is -2.23. The molecule has 2 N–H and O–H groups in total. The summed E-state index contributed by atoms with van der Waals surface area (Å²) in [5.74, 6) is 0.654. The van der Waals surface area contributed by atoms with Gasteiger partial charge in [0.25, 0.3) is 0 Å². The van der Waals surface area contributed by atoms with Crippen LogP contribution in [0.2, 0.25) is 5.15 Å². The lowest BCUT2D eigenvalue weighted by molar-refractivity contribution is 0.782. The molecule has 0 radical (unpaired) electrons. The van der Waals surface area contributed by atoms with Gasteiger partial charge in [0, 0.05) is 25.0 Å². The molecule has 0 saturated carbocycles. The van der Waals surface area contributed by atoms with Crippen molar-refractivity contribution in [2.24, 2.45) is 0 Å². The number of nitrogens with one attached hydrogen (secondary N) is 2. The molecule has 2 aromatic rings.